The molecule has 0 N–H and O–H groups in total. The zero-order chi connectivity index (χ0) is 7.11. The van der Waals surface area contributed by atoms with Crippen LogP contribution in [0.15, 0.2) is 12.7 Å². The molecule has 0 rings (SSSR count). The van der Waals surface area contributed by atoms with Gasteiger partial charge in [0, 0.05) is 17.0 Å². The number of carbonyl (C=O) groups is 1. The molecule has 0 aliphatic carbocycles. The lowest BCUT2D eigenvalue weighted by atomic mass is 10.4. The van der Waals surface area contributed by atoms with Gasteiger partial charge in [-0.1, -0.05) is 19.9 Å². The quantitative estimate of drug-likeness (QED) is 0.264. The molecule has 0 unspecified atom stereocenters. The Kier molecular flexibility index (Phi) is 10.2. The van der Waals surface area contributed by atoms with E-state index in [0.29, 0.717) is 6.61 Å². The Morgan fingerprint density at radius 1 is 1.70 bits per heavy atom. The lowest BCUT2D eigenvalue weighted by Crippen LogP contribution is -2.00. The average Bonchev–Trinajstić information content (AvgIpc) is 1.89. The predicted molar refractivity (Wildman–Crippen MR) is 41.8 cm³/mol. The summed E-state index contributed by atoms with van der Waals surface area (Å²) in [6.45, 7) is 5.82. The van der Waals surface area contributed by atoms with E-state index < -0.39 is 0 Å². The van der Waals surface area contributed by atoms with Gasteiger partial charge in [0.15, 0.2) is 0 Å². The van der Waals surface area contributed by atoms with Gasteiger partial charge < -0.3 is 4.74 Å². The molecular formula is C7H12O2Si. The summed E-state index contributed by atoms with van der Waals surface area (Å²) in [6.07, 6.45) is 3.15. The fourth-order valence-electron chi connectivity index (χ4n) is 0.376. The molecule has 10 heavy (non-hydrogen) atoms. The van der Waals surface area contributed by atoms with E-state index in [4.69, 9.17) is 0 Å². The molecule has 2 nitrogen and oxygen atoms in total. The van der Waals surface area contributed by atoms with E-state index in [1.54, 1.807) is 0 Å². The van der Waals surface area contributed by atoms with Crippen LogP contribution in [0, 0.1) is 0 Å². The minimum Gasteiger partial charge on any atom is -0.463 e. The fraction of sp³-hybridized carbons (Fsp3) is 0.571. The third-order valence-corrected chi connectivity index (χ3v) is 0.909. The lowest BCUT2D eigenvalue weighted by Gasteiger charge is -1.97. The zero-order valence-electron chi connectivity index (χ0n) is 6.22. The van der Waals surface area contributed by atoms with Gasteiger partial charge in [0.05, 0.1) is 6.61 Å². The SMILES string of the molecule is C=CC(=O)OCCCC.[Si]. The second-order valence-corrected chi connectivity index (χ2v) is 1.73. The third kappa shape index (κ3) is 7.43. The predicted octanol–water partition coefficient (Wildman–Crippen LogP) is 1.13. The molecule has 0 bridgehead atoms. The highest BCUT2D eigenvalue weighted by atomic mass is 28.1. The first kappa shape index (κ1) is 12.1. The van der Waals surface area contributed by atoms with Crippen LogP contribution < -0.4 is 0 Å². The summed E-state index contributed by atoms with van der Waals surface area (Å²) in [5.74, 6) is -0.330. The molecule has 0 aliphatic heterocycles. The Hall–Kier alpha value is -0.573. The van der Waals surface area contributed by atoms with Crippen molar-refractivity contribution in [3.05, 3.63) is 12.7 Å². The number of esters is 1. The molecule has 56 valence electrons. The molecule has 0 aromatic carbocycles. The lowest BCUT2D eigenvalue weighted by molar-refractivity contribution is -0.137. The van der Waals surface area contributed by atoms with Gasteiger partial charge in [-0.15, -0.1) is 0 Å². The fourth-order valence-corrected chi connectivity index (χ4v) is 0.376. The van der Waals surface area contributed by atoms with Crippen LogP contribution in [0.1, 0.15) is 19.8 Å². The third-order valence-electron chi connectivity index (χ3n) is 0.909. The van der Waals surface area contributed by atoms with Gasteiger partial charge in [-0.2, -0.15) is 0 Å². The van der Waals surface area contributed by atoms with Crippen LogP contribution in [0.5, 0.6) is 0 Å². The van der Waals surface area contributed by atoms with Crippen molar-refractivity contribution in [1.82, 2.24) is 0 Å². The molecule has 0 heterocycles. The maximum Gasteiger partial charge on any atom is 0.330 e. The summed E-state index contributed by atoms with van der Waals surface area (Å²) < 4.78 is 4.67. The Balaban J connectivity index is 0. The standard InChI is InChI=1S/C7H12O2.Si/c1-3-5-6-9-7(8)4-2;/h4H,2-3,5-6H2,1H3;. The van der Waals surface area contributed by atoms with Gasteiger partial charge in [0.1, 0.15) is 0 Å². The minimum absolute atomic E-state index is 0. The van der Waals surface area contributed by atoms with Crippen LogP contribution in [-0.2, 0) is 9.53 Å². The monoisotopic (exact) mass is 156 g/mol. The van der Waals surface area contributed by atoms with Crippen molar-refractivity contribution in [2.75, 3.05) is 6.61 Å². The first-order valence-electron chi connectivity index (χ1n) is 3.10. The number of ether oxygens (including phenoxy) is 1. The molecule has 0 amide bonds. The van der Waals surface area contributed by atoms with Gasteiger partial charge in [-0.05, 0) is 6.42 Å². The first-order valence-corrected chi connectivity index (χ1v) is 3.10. The number of unbranched alkanes of at least 4 members (excludes halogenated alkanes) is 1. The first-order chi connectivity index (χ1) is 4.31. The van der Waals surface area contributed by atoms with Crippen molar-refractivity contribution in [2.24, 2.45) is 0 Å². The molecule has 0 aromatic rings. The van der Waals surface area contributed by atoms with E-state index in [2.05, 4.69) is 11.3 Å². The Labute approximate surface area is 66.3 Å². The van der Waals surface area contributed by atoms with Gasteiger partial charge in [0.2, 0.25) is 0 Å². The van der Waals surface area contributed by atoms with Crippen LogP contribution in [0.25, 0.3) is 0 Å². The molecule has 0 aliphatic rings. The number of hydrogen-bond donors (Lipinski definition) is 0. The van der Waals surface area contributed by atoms with Gasteiger partial charge in [0.25, 0.3) is 0 Å². The van der Waals surface area contributed by atoms with Gasteiger partial charge >= 0.3 is 5.97 Å². The van der Waals surface area contributed by atoms with E-state index in [1.165, 1.54) is 6.08 Å². The maximum atomic E-state index is 10.3. The molecule has 0 fully saturated rings. The summed E-state index contributed by atoms with van der Waals surface area (Å²) in [4.78, 5) is 10.3. The second kappa shape index (κ2) is 8.43. The van der Waals surface area contributed by atoms with Crippen LogP contribution >= 0.6 is 0 Å². The Morgan fingerprint density at radius 2 is 2.30 bits per heavy atom. The second-order valence-electron chi connectivity index (χ2n) is 1.73. The van der Waals surface area contributed by atoms with Crippen LogP contribution in [0.3, 0.4) is 0 Å². The molecule has 3 heteroatoms. The minimum atomic E-state index is -0.330. The Bertz CT molecular complexity index is 102. The highest BCUT2D eigenvalue weighted by Crippen LogP contribution is 1.88. The van der Waals surface area contributed by atoms with Crippen LogP contribution in [0.4, 0.5) is 0 Å². The topological polar surface area (TPSA) is 26.3 Å². The number of rotatable bonds is 4. The van der Waals surface area contributed by atoms with Gasteiger partial charge in [-0.25, -0.2) is 4.79 Å². The molecule has 0 saturated carbocycles. The molecular weight excluding hydrogens is 144 g/mol. The van der Waals surface area contributed by atoms with Gasteiger partial charge in [-0.3, -0.25) is 0 Å². The smallest absolute Gasteiger partial charge is 0.330 e. The molecule has 0 atom stereocenters. The van der Waals surface area contributed by atoms with Crippen molar-refractivity contribution in [3.63, 3.8) is 0 Å². The average molecular weight is 156 g/mol. The summed E-state index contributed by atoms with van der Waals surface area (Å²) in [7, 11) is 0. The molecule has 0 spiro atoms. The Morgan fingerprint density at radius 3 is 2.70 bits per heavy atom. The highest BCUT2D eigenvalue weighted by Gasteiger charge is 1.91. The van der Waals surface area contributed by atoms with Crippen molar-refractivity contribution in [2.45, 2.75) is 19.8 Å². The molecule has 4 radical (unpaired) electrons. The van der Waals surface area contributed by atoms with E-state index in [1.807, 2.05) is 6.92 Å². The van der Waals surface area contributed by atoms with Crippen molar-refractivity contribution >= 4 is 16.9 Å². The van der Waals surface area contributed by atoms with Crippen LogP contribution in [-0.4, -0.2) is 23.5 Å². The summed E-state index contributed by atoms with van der Waals surface area (Å²) in [5.41, 5.74) is 0. The van der Waals surface area contributed by atoms with E-state index in [-0.39, 0.29) is 16.9 Å². The summed E-state index contributed by atoms with van der Waals surface area (Å²) in [5, 5.41) is 0. The summed E-state index contributed by atoms with van der Waals surface area (Å²) >= 11 is 0. The number of carbonyl (C=O) groups excluding carboxylic acids is 1. The number of hydrogen-bond acceptors (Lipinski definition) is 2. The van der Waals surface area contributed by atoms with Crippen molar-refractivity contribution in [3.8, 4) is 0 Å². The van der Waals surface area contributed by atoms with Crippen LogP contribution in [0.2, 0.25) is 0 Å². The molecule has 0 aromatic heterocycles. The van der Waals surface area contributed by atoms with E-state index >= 15 is 0 Å². The molecule has 0 saturated heterocycles. The normalized spacial score (nSPS) is 7.70. The van der Waals surface area contributed by atoms with E-state index in [9.17, 15) is 4.79 Å². The zero-order valence-corrected chi connectivity index (χ0v) is 7.22. The highest BCUT2D eigenvalue weighted by molar-refractivity contribution is 5.81. The largest absolute Gasteiger partial charge is 0.463 e. The van der Waals surface area contributed by atoms with Crippen molar-refractivity contribution in [1.29, 1.82) is 0 Å². The maximum absolute atomic E-state index is 10.3. The van der Waals surface area contributed by atoms with Crippen molar-refractivity contribution < 1.29 is 9.53 Å². The summed E-state index contributed by atoms with van der Waals surface area (Å²) in [6, 6.07) is 0. The van der Waals surface area contributed by atoms with E-state index in [0.717, 1.165) is 12.8 Å².